The molecule has 1 aliphatic rings. The SMILES string of the molecule is COC(=O)CC(=O)C=C1C=C([N+](=O)[O-])C=CC1. The summed E-state index contributed by atoms with van der Waals surface area (Å²) >= 11 is 0. The van der Waals surface area contributed by atoms with Crippen molar-refractivity contribution in [2.45, 2.75) is 12.8 Å². The van der Waals surface area contributed by atoms with E-state index in [2.05, 4.69) is 4.74 Å². The Morgan fingerprint density at radius 2 is 2.29 bits per heavy atom. The van der Waals surface area contributed by atoms with Gasteiger partial charge in [0, 0.05) is 12.2 Å². The zero-order chi connectivity index (χ0) is 12.8. The molecule has 0 saturated heterocycles. The largest absolute Gasteiger partial charge is 0.469 e. The van der Waals surface area contributed by atoms with Crippen LogP contribution in [0, 0.1) is 10.1 Å². The molecule has 0 aliphatic heterocycles. The summed E-state index contributed by atoms with van der Waals surface area (Å²) in [5.41, 5.74) is 0.432. The quantitative estimate of drug-likeness (QED) is 0.241. The Kier molecular flexibility index (Phi) is 4.33. The summed E-state index contributed by atoms with van der Waals surface area (Å²) in [6, 6.07) is 0. The highest BCUT2D eigenvalue weighted by molar-refractivity contribution is 6.02. The molecule has 0 saturated carbocycles. The number of nitro groups is 1. The summed E-state index contributed by atoms with van der Waals surface area (Å²) in [4.78, 5) is 32.2. The van der Waals surface area contributed by atoms with E-state index in [-0.39, 0.29) is 12.1 Å². The maximum absolute atomic E-state index is 11.4. The fourth-order valence-electron chi connectivity index (χ4n) is 1.30. The number of allylic oxidation sites excluding steroid dienone is 5. The summed E-state index contributed by atoms with van der Waals surface area (Å²) in [6.45, 7) is 0. The lowest BCUT2D eigenvalue weighted by Crippen LogP contribution is -2.08. The maximum atomic E-state index is 11.4. The van der Waals surface area contributed by atoms with E-state index in [1.807, 2.05) is 0 Å². The number of hydrogen-bond donors (Lipinski definition) is 0. The van der Waals surface area contributed by atoms with E-state index >= 15 is 0 Å². The van der Waals surface area contributed by atoms with Gasteiger partial charge in [0.25, 0.3) is 5.70 Å². The molecule has 0 fully saturated rings. The number of esters is 1. The number of ketones is 1. The van der Waals surface area contributed by atoms with Crippen molar-refractivity contribution in [1.29, 1.82) is 0 Å². The topological polar surface area (TPSA) is 86.5 Å². The number of ether oxygens (including phenoxy) is 1. The van der Waals surface area contributed by atoms with E-state index < -0.39 is 16.7 Å². The van der Waals surface area contributed by atoms with Crippen LogP contribution in [0.2, 0.25) is 0 Å². The average Bonchev–Trinajstić information content (AvgIpc) is 2.28. The second-order valence-electron chi connectivity index (χ2n) is 3.37. The second kappa shape index (κ2) is 5.74. The molecule has 1 aliphatic carbocycles. The first-order valence-electron chi connectivity index (χ1n) is 4.85. The van der Waals surface area contributed by atoms with Crippen LogP contribution < -0.4 is 0 Å². The molecule has 0 aromatic rings. The Morgan fingerprint density at radius 3 is 2.88 bits per heavy atom. The normalized spacial score (nSPS) is 16.5. The van der Waals surface area contributed by atoms with Crippen LogP contribution in [0.25, 0.3) is 0 Å². The fourth-order valence-corrected chi connectivity index (χ4v) is 1.30. The lowest BCUT2D eigenvalue weighted by Gasteiger charge is -2.03. The summed E-state index contributed by atoms with van der Waals surface area (Å²) in [5, 5.41) is 10.5. The summed E-state index contributed by atoms with van der Waals surface area (Å²) in [7, 11) is 1.19. The molecule has 0 atom stereocenters. The number of methoxy groups -OCH3 is 1. The number of carbonyl (C=O) groups excluding carboxylic acids is 2. The highest BCUT2D eigenvalue weighted by Gasteiger charge is 2.13. The third-order valence-corrected chi connectivity index (χ3v) is 2.08. The van der Waals surface area contributed by atoms with Crippen LogP contribution in [-0.4, -0.2) is 23.8 Å². The van der Waals surface area contributed by atoms with Gasteiger partial charge in [0.2, 0.25) is 0 Å². The molecule has 0 heterocycles. The molecule has 0 N–H and O–H groups in total. The zero-order valence-electron chi connectivity index (χ0n) is 9.21. The highest BCUT2D eigenvalue weighted by Crippen LogP contribution is 2.16. The van der Waals surface area contributed by atoms with Crippen LogP contribution in [0.4, 0.5) is 0 Å². The van der Waals surface area contributed by atoms with E-state index in [0.29, 0.717) is 12.0 Å². The third kappa shape index (κ3) is 4.02. The van der Waals surface area contributed by atoms with Crippen LogP contribution >= 0.6 is 0 Å². The molecule has 0 bridgehead atoms. The first-order chi connectivity index (χ1) is 8.02. The monoisotopic (exact) mass is 237 g/mol. The van der Waals surface area contributed by atoms with Gasteiger partial charge in [-0.1, -0.05) is 6.08 Å². The van der Waals surface area contributed by atoms with Gasteiger partial charge < -0.3 is 4.74 Å². The van der Waals surface area contributed by atoms with Gasteiger partial charge in [-0.2, -0.15) is 0 Å². The average molecular weight is 237 g/mol. The third-order valence-electron chi connectivity index (χ3n) is 2.08. The Balaban J connectivity index is 2.74. The van der Waals surface area contributed by atoms with E-state index in [9.17, 15) is 19.7 Å². The number of rotatable bonds is 4. The fraction of sp³-hybridized carbons (Fsp3) is 0.273. The van der Waals surface area contributed by atoms with Crippen molar-refractivity contribution in [1.82, 2.24) is 0 Å². The molecule has 0 unspecified atom stereocenters. The van der Waals surface area contributed by atoms with Gasteiger partial charge in [0.05, 0.1) is 12.0 Å². The van der Waals surface area contributed by atoms with Crippen molar-refractivity contribution >= 4 is 11.8 Å². The van der Waals surface area contributed by atoms with E-state index in [4.69, 9.17) is 0 Å². The van der Waals surface area contributed by atoms with Gasteiger partial charge in [0.15, 0.2) is 5.78 Å². The standard InChI is InChI=1S/C11H11NO5/c1-17-11(14)7-10(13)6-8-3-2-4-9(5-8)12(15)16/h2,4-6H,3,7H2,1H3. The molecule has 0 spiro atoms. The van der Waals surface area contributed by atoms with Gasteiger partial charge >= 0.3 is 5.97 Å². The van der Waals surface area contributed by atoms with E-state index in [1.165, 1.54) is 25.3 Å². The molecule has 0 aromatic carbocycles. The maximum Gasteiger partial charge on any atom is 0.313 e. The predicted molar refractivity (Wildman–Crippen MR) is 58.6 cm³/mol. The first kappa shape index (κ1) is 12.8. The molecule has 1 rings (SSSR count). The Morgan fingerprint density at radius 1 is 1.59 bits per heavy atom. The lowest BCUT2D eigenvalue weighted by molar-refractivity contribution is -0.419. The van der Waals surface area contributed by atoms with Gasteiger partial charge in [-0.15, -0.1) is 0 Å². The summed E-state index contributed by atoms with van der Waals surface area (Å²) < 4.78 is 4.34. The first-order valence-corrected chi connectivity index (χ1v) is 4.85. The minimum absolute atomic E-state index is 0.0756. The zero-order valence-corrected chi connectivity index (χ0v) is 9.21. The van der Waals surface area contributed by atoms with Crippen LogP contribution in [-0.2, 0) is 14.3 Å². The molecule has 6 nitrogen and oxygen atoms in total. The van der Waals surface area contributed by atoms with E-state index in [0.717, 1.165) is 0 Å². The molecule has 0 aromatic heterocycles. The van der Waals surface area contributed by atoms with Gasteiger partial charge in [0.1, 0.15) is 6.42 Å². The Labute approximate surface area is 97.4 Å². The molecule has 17 heavy (non-hydrogen) atoms. The molecular formula is C11H11NO5. The molecular weight excluding hydrogens is 226 g/mol. The van der Waals surface area contributed by atoms with Crippen molar-refractivity contribution in [2.75, 3.05) is 7.11 Å². The minimum atomic E-state index is -0.628. The van der Waals surface area contributed by atoms with Gasteiger partial charge in [-0.25, -0.2) is 0 Å². The Bertz CT molecular complexity index is 445. The molecule has 6 heteroatoms. The van der Waals surface area contributed by atoms with Crippen molar-refractivity contribution < 1.29 is 19.2 Å². The summed E-state index contributed by atoms with van der Waals surface area (Å²) in [5.74, 6) is -1.06. The molecule has 90 valence electrons. The van der Waals surface area contributed by atoms with Crippen molar-refractivity contribution in [2.24, 2.45) is 0 Å². The second-order valence-corrected chi connectivity index (χ2v) is 3.37. The number of nitrogens with zero attached hydrogens (tertiary/aromatic N) is 1. The van der Waals surface area contributed by atoms with Gasteiger partial charge in [-0.05, 0) is 18.1 Å². The van der Waals surface area contributed by atoms with Crippen LogP contribution in [0.15, 0.2) is 35.6 Å². The van der Waals surface area contributed by atoms with Crippen molar-refractivity contribution in [3.63, 3.8) is 0 Å². The summed E-state index contributed by atoms with van der Waals surface area (Å²) in [6.07, 6.45) is 5.59. The predicted octanol–water partition coefficient (Wildman–Crippen LogP) is 1.17. The number of carbonyl (C=O) groups is 2. The van der Waals surface area contributed by atoms with Gasteiger partial charge in [-0.3, -0.25) is 19.7 Å². The minimum Gasteiger partial charge on any atom is -0.469 e. The smallest absolute Gasteiger partial charge is 0.313 e. The lowest BCUT2D eigenvalue weighted by atomic mass is 10.0. The Hall–Kier alpha value is -2.24. The number of hydrogen-bond acceptors (Lipinski definition) is 5. The van der Waals surface area contributed by atoms with Crippen LogP contribution in [0.3, 0.4) is 0 Å². The van der Waals surface area contributed by atoms with Crippen molar-refractivity contribution in [3.05, 3.63) is 45.7 Å². The molecule has 0 radical (unpaired) electrons. The van der Waals surface area contributed by atoms with Crippen LogP contribution in [0.5, 0.6) is 0 Å². The van der Waals surface area contributed by atoms with Crippen LogP contribution in [0.1, 0.15) is 12.8 Å². The van der Waals surface area contributed by atoms with Crippen molar-refractivity contribution in [3.8, 4) is 0 Å². The molecule has 0 amide bonds. The highest BCUT2D eigenvalue weighted by atomic mass is 16.6. The van der Waals surface area contributed by atoms with E-state index in [1.54, 1.807) is 6.08 Å².